The van der Waals surface area contributed by atoms with E-state index in [9.17, 15) is 0 Å². The summed E-state index contributed by atoms with van der Waals surface area (Å²) in [6, 6.07) is 2.38. The summed E-state index contributed by atoms with van der Waals surface area (Å²) in [6.07, 6.45) is 9.90. The van der Waals surface area contributed by atoms with Crippen LogP contribution in [0.2, 0.25) is 0 Å². The lowest BCUT2D eigenvalue weighted by Gasteiger charge is -2.22. The van der Waals surface area contributed by atoms with Crippen molar-refractivity contribution < 1.29 is 4.74 Å². The van der Waals surface area contributed by atoms with Crippen molar-refractivity contribution in [3.63, 3.8) is 0 Å². The van der Waals surface area contributed by atoms with E-state index in [-0.39, 0.29) is 0 Å². The molecule has 0 amide bonds. The van der Waals surface area contributed by atoms with Gasteiger partial charge in [0.25, 0.3) is 0 Å². The van der Waals surface area contributed by atoms with Gasteiger partial charge >= 0.3 is 0 Å². The van der Waals surface area contributed by atoms with Gasteiger partial charge in [-0.3, -0.25) is 0 Å². The third-order valence-electron chi connectivity index (χ3n) is 4.74. The maximum Gasteiger partial charge on any atom is 0.234 e. The largest absolute Gasteiger partial charge is 0.481 e. The minimum atomic E-state index is 0.473. The van der Waals surface area contributed by atoms with E-state index in [1.807, 2.05) is 6.07 Å². The van der Waals surface area contributed by atoms with Crippen molar-refractivity contribution in [3.05, 3.63) is 6.07 Å². The zero-order chi connectivity index (χ0) is 16.8. The maximum atomic E-state index is 5.42. The van der Waals surface area contributed by atoms with Gasteiger partial charge in [0.2, 0.25) is 11.8 Å². The topological polar surface area (TPSA) is 62.3 Å². The van der Waals surface area contributed by atoms with E-state index >= 15 is 0 Å². The van der Waals surface area contributed by atoms with Crippen LogP contribution in [0.1, 0.15) is 51.4 Å². The minimum absolute atomic E-state index is 0.473. The van der Waals surface area contributed by atoms with Crippen LogP contribution < -0.4 is 20.3 Å². The molecule has 0 atom stereocenters. The van der Waals surface area contributed by atoms with Crippen LogP contribution in [0.5, 0.6) is 5.88 Å². The Labute approximate surface area is 149 Å². The Morgan fingerprint density at radius 3 is 2.50 bits per heavy atom. The van der Waals surface area contributed by atoms with Gasteiger partial charge in [0.15, 0.2) is 5.11 Å². The Hall–Kier alpha value is -1.63. The first-order valence-electron chi connectivity index (χ1n) is 9.00. The van der Waals surface area contributed by atoms with Crippen LogP contribution in [-0.4, -0.2) is 41.3 Å². The van der Waals surface area contributed by atoms with Gasteiger partial charge < -0.3 is 20.3 Å². The van der Waals surface area contributed by atoms with E-state index in [2.05, 4.69) is 25.5 Å². The van der Waals surface area contributed by atoms with Crippen molar-refractivity contribution in [2.75, 3.05) is 30.4 Å². The van der Waals surface area contributed by atoms with E-state index in [4.69, 9.17) is 17.0 Å². The molecule has 3 rings (SSSR count). The molecule has 2 fully saturated rings. The number of anilines is 2. The van der Waals surface area contributed by atoms with Crippen molar-refractivity contribution in [1.82, 2.24) is 15.3 Å². The molecule has 132 valence electrons. The van der Waals surface area contributed by atoms with E-state index in [1.165, 1.54) is 51.4 Å². The molecule has 1 aromatic heterocycles. The highest BCUT2D eigenvalue weighted by atomic mass is 32.1. The fourth-order valence-corrected chi connectivity index (χ4v) is 3.69. The number of hydrogen-bond donors (Lipinski definition) is 2. The molecule has 0 aromatic carbocycles. The number of rotatable bonds is 4. The van der Waals surface area contributed by atoms with E-state index in [1.54, 1.807) is 7.11 Å². The predicted octanol–water partition coefficient (Wildman–Crippen LogP) is 3.09. The summed E-state index contributed by atoms with van der Waals surface area (Å²) >= 11 is 5.42. The Balaban J connectivity index is 1.69. The lowest BCUT2D eigenvalue weighted by molar-refractivity contribution is 0.397. The molecule has 2 aliphatic rings. The zero-order valence-electron chi connectivity index (χ0n) is 14.4. The van der Waals surface area contributed by atoms with Gasteiger partial charge in [0.1, 0.15) is 5.82 Å². The molecule has 24 heavy (non-hydrogen) atoms. The first-order chi connectivity index (χ1) is 11.7. The first kappa shape index (κ1) is 17.2. The second kappa shape index (κ2) is 8.46. The number of hydrogen-bond acceptors (Lipinski definition) is 5. The highest BCUT2D eigenvalue weighted by Gasteiger charge is 2.17. The van der Waals surface area contributed by atoms with Crippen molar-refractivity contribution in [3.8, 4) is 5.88 Å². The Bertz CT molecular complexity index is 554. The number of nitrogens with zero attached hydrogens (tertiary/aromatic N) is 3. The number of thiocarbonyl (C=S) groups is 1. The zero-order valence-corrected chi connectivity index (χ0v) is 15.2. The van der Waals surface area contributed by atoms with Gasteiger partial charge in [-0.1, -0.05) is 25.7 Å². The first-order valence-corrected chi connectivity index (χ1v) is 9.41. The third kappa shape index (κ3) is 4.69. The Morgan fingerprint density at radius 2 is 1.83 bits per heavy atom. The number of ether oxygens (including phenoxy) is 1. The summed E-state index contributed by atoms with van der Waals surface area (Å²) in [5.74, 6) is 1.98. The summed E-state index contributed by atoms with van der Waals surface area (Å²) in [6.45, 7) is 2.06. The summed E-state index contributed by atoms with van der Waals surface area (Å²) in [5.41, 5.74) is 0. The van der Waals surface area contributed by atoms with Gasteiger partial charge in [0.05, 0.1) is 7.11 Å². The van der Waals surface area contributed by atoms with Gasteiger partial charge in [-0.2, -0.15) is 9.97 Å². The van der Waals surface area contributed by atoms with Crippen molar-refractivity contribution in [2.24, 2.45) is 0 Å². The molecule has 1 aromatic rings. The molecule has 1 aliphatic heterocycles. The van der Waals surface area contributed by atoms with Crippen LogP contribution in [0.4, 0.5) is 11.8 Å². The average molecular weight is 350 g/mol. The maximum absolute atomic E-state index is 5.42. The number of aromatic nitrogens is 2. The molecule has 1 aliphatic carbocycles. The molecule has 0 bridgehead atoms. The lowest BCUT2D eigenvalue weighted by atomic mass is 10.2. The lowest BCUT2D eigenvalue weighted by Crippen LogP contribution is -2.36. The Kier molecular flexibility index (Phi) is 6.07. The second-order valence-corrected chi connectivity index (χ2v) is 6.98. The molecule has 0 unspecified atom stereocenters. The van der Waals surface area contributed by atoms with E-state index < -0.39 is 0 Å². The van der Waals surface area contributed by atoms with Crippen molar-refractivity contribution in [1.29, 1.82) is 0 Å². The predicted molar refractivity (Wildman–Crippen MR) is 101 cm³/mol. The van der Waals surface area contributed by atoms with Crippen molar-refractivity contribution in [2.45, 2.75) is 57.4 Å². The highest BCUT2D eigenvalue weighted by molar-refractivity contribution is 7.80. The third-order valence-corrected chi connectivity index (χ3v) is 4.96. The normalized spacial score (nSPS) is 19.0. The number of nitrogens with one attached hydrogen (secondary N) is 2. The summed E-state index contributed by atoms with van der Waals surface area (Å²) in [5, 5.41) is 7.08. The molecular weight excluding hydrogens is 322 g/mol. The molecular formula is C17H27N5OS. The van der Waals surface area contributed by atoms with Gasteiger partial charge in [-0.15, -0.1) is 0 Å². The van der Waals surface area contributed by atoms with Crippen LogP contribution in [-0.2, 0) is 0 Å². The fraction of sp³-hybridized carbons (Fsp3) is 0.706. The monoisotopic (exact) mass is 349 g/mol. The van der Waals surface area contributed by atoms with Gasteiger partial charge in [-0.25, -0.2) is 0 Å². The van der Waals surface area contributed by atoms with Crippen LogP contribution in [0.15, 0.2) is 6.07 Å². The molecule has 0 spiro atoms. The molecule has 2 heterocycles. The SMILES string of the molecule is COc1cc(N2CCCCCC2)nc(NC(=S)NC2CCCC2)n1. The molecule has 1 saturated heterocycles. The Morgan fingerprint density at radius 1 is 1.12 bits per heavy atom. The fourth-order valence-electron chi connectivity index (χ4n) is 3.43. The summed E-state index contributed by atoms with van der Waals surface area (Å²) in [7, 11) is 1.63. The van der Waals surface area contributed by atoms with Gasteiger partial charge in [0, 0.05) is 25.2 Å². The summed E-state index contributed by atoms with van der Waals surface area (Å²) in [4.78, 5) is 11.4. The number of methoxy groups -OCH3 is 1. The molecule has 0 radical (unpaired) electrons. The molecule has 1 saturated carbocycles. The van der Waals surface area contributed by atoms with Crippen molar-refractivity contribution >= 4 is 29.1 Å². The summed E-state index contributed by atoms with van der Waals surface area (Å²) < 4.78 is 5.35. The average Bonchev–Trinajstić information content (AvgIpc) is 2.93. The van der Waals surface area contributed by atoms with Crippen LogP contribution >= 0.6 is 12.2 Å². The second-order valence-electron chi connectivity index (χ2n) is 6.57. The standard InChI is InChI=1S/C17H27N5OS/c1-23-15-12-14(22-10-6-2-3-7-11-22)19-16(20-15)21-17(24)18-13-8-4-5-9-13/h12-13H,2-11H2,1H3,(H2,18,19,20,21,24). The molecule has 7 heteroatoms. The van der Waals surface area contributed by atoms with Crippen LogP contribution in [0.3, 0.4) is 0 Å². The minimum Gasteiger partial charge on any atom is -0.481 e. The molecule has 6 nitrogen and oxygen atoms in total. The smallest absolute Gasteiger partial charge is 0.234 e. The van der Waals surface area contributed by atoms with Gasteiger partial charge in [-0.05, 0) is 37.9 Å². The highest BCUT2D eigenvalue weighted by Crippen LogP contribution is 2.23. The molecule has 2 N–H and O–H groups in total. The van der Waals surface area contributed by atoms with E-state index in [0.717, 1.165) is 18.9 Å². The van der Waals surface area contributed by atoms with Crippen LogP contribution in [0, 0.1) is 0 Å². The van der Waals surface area contributed by atoms with Crippen LogP contribution in [0.25, 0.3) is 0 Å². The van der Waals surface area contributed by atoms with E-state index in [0.29, 0.717) is 23.0 Å². The quantitative estimate of drug-likeness (QED) is 0.810.